The van der Waals surface area contributed by atoms with Gasteiger partial charge in [0.25, 0.3) is 0 Å². The van der Waals surface area contributed by atoms with Gasteiger partial charge in [0.1, 0.15) is 5.54 Å². The van der Waals surface area contributed by atoms with Crippen LogP contribution in [0.3, 0.4) is 0 Å². The molecule has 156 valence electrons. The number of rotatable bonds is 2. The smallest absolute Gasteiger partial charge is 0.160 e. The Morgan fingerprint density at radius 3 is 2.50 bits per heavy atom. The number of nitrogens with zero attached hydrogens (tertiary/aromatic N) is 2. The fourth-order valence-corrected chi connectivity index (χ4v) is 7.05. The van der Waals surface area contributed by atoms with Crippen molar-refractivity contribution in [2.45, 2.75) is 68.9 Å². The number of hydrogen-bond acceptors (Lipinski definition) is 3. The second kappa shape index (κ2) is 7.23. The van der Waals surface area contributed by atoms with Crippen LogP contribution in [0.5, 0.6) is 0 Å². The maximum Gasteiger partial charge on any atom is 0.160 e. The van der Waals surface area contributed by atoms with Crippen LogP contribution in [0.4, 0.5) is 5.69 Å². The molecular formula is C27H32N2O. The van der Waals surface area contributed by atoms with Crippen molar-refractivity contribution in [2.24, 2.45) is 0 Å². The molecule has 2 aromatic rings. The Bertz CT molecular complexity index is 945. The first-order chi connectivity index (χ1) is 14.8. The summed E-state index contributed by atoms with van der Waals surface area (Å²) in [5.41, 5.74) is 5.86. The second-order valence-electron chi connectivity index (χ2n) is 9.83. The zero-order chi connectivity index (χ0) is 20.1. The van der Waals surface area contributed by atoms with Gasteiger partial charge in [-0.05, 0) is 79.7 Å². The third-order valence-electron chi connectivity index (χ3n) is 8.52. The molecule has 2 aliphatic heterocycles. The Labute approximate surface area is 180 Å². The highest BCUT2D eigenvalue weighted by Gasteiger charge is 2.50. The van der Waals surface area contributed by atoms with E-state index in [2.05, 4.69) is 58.3 Å². The average molecular weight is 401 g/mol. The Morgan fingerprint density at radius 1 is 0.833 bits per heavy atom. The van der Waals surface area contributed by atoms with Crippen LogP contribution in [0.25, 0.3) is 0 Å². The number of carbonyl (C=O) groups is 1. The van der Waals surface area contributed by atoms with Crippen LogP contribution in [-0.2, 0) is 11.2 Å². The number of anilines is 1. The normalized spacial score (nSPS) is 28.0. The summed E-state index contributed by atoms with van der Waals surface area (Å²) in [7, 11) is 0. The van der Waals surface area contributed by atoms with E-state index < -0.39 is 0 Å². The molecule has 3 heteroatoms. The SMILES string of the molecule is O=C1CCN(c2ccccc2)C12CCN(C1CCC3CCCc4cccc1c43)CC2. The van der Waals surface area contributed by atoms with Crippen LogP contribution in [0.15, 0.2) is 48.5 Å². The Morgan fingerprint density at radius 2 is 1.67 bits per heavy atom. The number of piperidine rings is 1. The quantitative estimate of drug-likeness (QED) is 0.687. The lowest BCUT2D eigenvalue weighted by Gasteiger charge is -2.48. The average Bonchev–Trinajstić information content (AvgIpc) is 3.11. The molecule has 2 atom stereocenters. The first-order valence-corrected chi connectivity index (χ1v) is 12.0. The summed E-state index contributed by atoms with van der Waals surface area (Å²) in [5.74, 6) is 1.26. The summed E-state index contributed by atoms with van der Waals surface area (Å²) in [6.07, 6.45) is 9.25. The van der Waals surface area contributed by atoms with Gasteiger partial charge >= 0.3 is 0 Å². The zero-order valence-electron chi connectivity index (χ0n) is 17.9. The maximum atomic E-state index is 13.1. The Balaban J connectivity index is 1.26. The van der Waals surface area contributed by atoms with E-state index >= 15 is 0 Å². The third-order valence-corrected chi connectivity index (χ3v) is 8.52. The van der Waals surface area contributed by atoms with E-state index in [0.29, 0.717) is 18.2 Å². The van der Waals surface area contributed by atoms with E-state index in [-0.39, 0.29) is 5.54 Å². The molecule has 0 amide bonds. The molecule has 2 saturated heterocycles. The molecule has 2 aromatic carbocycles. The molecule has 4 aliphatic rings. The molecule has 30 heavy (non-hydrogen) atoms. The van der Waals surface area contributed by atoms with Crippen molar-refractivity contribution in [1.29, 1.82) is 0 Å². The molecule has 3 nitrogen and oxygen atoms in total. The van der Waals surface area contributed by atoms with Crippen LogP contribution in [0, 0.1) is 0 Å². The number of ketones is 1. The lowest BCUT2D eigenvalue weighted by Crippen LogP contribution is -2.56. The molecule has 0 bridgehead atoms. The molecule has 2 fully saturated rings. The van der Waals surface area contributed by atoms with E-state index in [9.17, 15) is 4.79 Å². The summed E-state index contributed by atoms with van der Waals surface area (Å²) in [6, 6.07) is 18.2. The minimum atomic E-state index is -0.273. The summed E-state index contributed by atoms with van der Waals surface area (Å²) < 4.78 is 0. The van der Waals surface area contributed by atoms with Crippen molar-refractivity contribution >= 4 is 11.5 Å². The van der Waals surface area contributed by atoms with Crippen molar-refractivity contribution in [2.75, 3.05) is 24.5 Å². The Hall–Kier alpha value is -2.13. The zero-order valence-corrected chi connectivity index (χ0v) is 17.9. The van der Waals surface area contributed by atoms with Crippen LogP contribution in [0.2, 0.25) is 0 Å². The molecule has 2 unspecified atom stereocenters. The Kier molecular flexibility index (Phi) is 4.49. The standard InChI is InChI=1S/C27H32N2O/c30-25-14-17-29(22-9-2-1-3-10-22)27(25)15-18-28(19-16-27)24-13-12-21-7-4-6-20-8-5-11-23(24)26(20)21/h1-3,5,8-11,21,24H,4,6-7,12-19H2. The van der Waals surface area contributed by atoms with E-state index in [1.807, 2.05) is 0 Å². The van der Waals surface area contributed by atoms with E-state index in [0.717, 1.165) is 38.4 Å². The van der Waals surface area contributed by atoms with Gasteiger partial charge in [0.05, 0.1) is 0 Å². The highest BCUT2D eigenvalue weighted by atomic mass is 16.1. The summed E-state index contributed by atoms with van der Waals surface area (Å²) >= 11 is 0. The monoisotopic (exact) mass is 400 g/mol. The van der Waals surface area contributed by atoms with Crippen molar-refractivity contribution in [1.82, 2.24) is 4.90 Å². The largest absolute Gasteiger partial charge is 0.358 e. The van der Waals surface area contributed by atoms with Gasteiger partial charge in [0.15, 0.2) is 5.78 Å². The number of carbonyl (C=O) groups excluding carboxylic acids is 1. The lowest BCUT2D eigenvalue weighted by molar-refractivity contribution is -0.123. The highest BCUT2D eigenvalue weighted by Crippen LogP contribution is 2.48. The summed E-state index contributed by atoms with van der Waals surface area (Å²) in [6.45, 7) is 2.95. The number of Topliss-reactive ketones (excluding diaryl/α,β-unsaturated/α-hetero) is 1. The van der Waals surface area contributed by atoms with E-state index in [4.69, 9.17) is 0 Å². The van der Waals surface area contributed by atoms with Gasteiger partial charge in [-0.1, -0.05) is 36.4 Å². The van der Waals surface area contributed by atoms with Crippen molar-refractivity contribution in [3.05, 3.63) is 65.2 Å². The minimum absolute atomic E-state index is 0.273. The van der Waals surface area contributed by atoms with Crippen LogP contribution >= 0.6 is 0 Å². The summed E-state index contributed by atoms with van der Waals surface area (Å²) in [4.78, 5) is 18.2. The van der Waals surface area contributed by atoms with Gasteiger partial charge < -0.3 is 4.90 Å². The van der Waals surface area contributed by atoms with E-state index in [1.165, 1.54) is 37.8 Å². The van der Waals surface area contributed by atoms with Gasteiger partial charge in [-0.2, -0.15) is 0 Å². The fourth-order valence-electron chi connectivity index (χ4n) is 7.05. The molecule has 2 heterocycles. The molecule has 0 saturated carbocycles. The second-order valence-corrected chi connectivity index (χ2v) is 9.83. The van der Waals surface area contributed by atoms with Crippen molar-refractivity contribution < 1.29 is 4.79 Å². The van der Waals surface area contributed by atoms with Gasteiger partial charge in [0, 0.05) is 37.8 Å². The van der Waals surface area contributed by atoms with Crippen LogP contribution in [-0.4, -0.2) is 35.9 Å². The number of para-hydroxylation sites is 1. The van der Waals surface area contributed by atoms with E-state index in [1.54, 1.807) is 16.7 Å². The molecule has 0 radical (unpaired) electrons. The van der Waals surface area contributed by atoms with Crippen LogP contribution < -0.4 is 4.90 Å². The fraction of sp³-hybridized carbons (Fsp3) is 0.519. The minimum Gasteiger partial charge on any atom is -0.358 e. The first kappa shape index (κ1) is 18.6. The summed E-state index contributed by atoms with van der Waals surface area (Å²) in [5, 5.41) is 0. The number of benzene rings is 2. The van der Waals surface area contributed by atoms with Crippen molar-refractivity contribution in [3.63, 3.8) is 0 Å². The predicted octanol–water partition coefficient (Wildman–Crippen LogP) is 5.26. The topological polar surface area (TPSA) is 23.6 Å². The van der Waals surface area contributed by atoms with Crippen molar-refractivity contribution in [3.8, 4) is 0 Å². The van der Waals surface area contributed by atoms with Gasteiger partial charge in [-0.3, -0.25) is 9.69 Å². The van der Waals surface area contributed by atoms with Crippen LogP contribution in [0.1, 0.15) is 73.6 Å². The molecule has 6 rings (SSSR count). The van der Waals surface area contributed by atoms with Gasteiger partial charge in [-0.15, -0.1) is 0 Å². The molecule has 0 N–H and O–H groups in total. The first-order valence-electron chi connectivity index (χ1n) is 12.0. The van der Waals surface area contributed by atoms with Gasteiger partial charge in [0.2, 0.25) is 0 Å². The number of hydrogen-bond donors (Lipinski definition) is 0. The number of likely N-dealkylation sites (tertiary alicyclic amines) is 1. The van der Waals surface area contributed by atoms with Gasteiger partial charge in [-0.25, -0.2) is 0 Å². The highest BCUT2D eigenvalue weighted by molar-refractivity contribution is 5.95. The molecule has 2 aliphatic carbocycles. The molecule has 0 aromatic heterocycles. The predicted molar refractivity (Wildman–Crippen MR) is 121 cm³/mol. The maximum absolute atomic E-state index is 13.1. The molecular weight excluding hydrogens is 368 g/mol. The lowest BCUT2D eigenvalue weighted by atomic mass is 9.71. The molecule has 1 spiro atoms. The number of aryl methyl sites for hydroxylation is 1. The third kappa shape index (κ3) is 2.78.